The Hall–Kier alpha value is -1.99. The third kappa shape index (κ3) is 3.27. The Kier molecular flexibility index (Phi) is 4.96. The first-order valence-electron chi connectivity index (χ1n) is 8.13. The standard InChI is InChI=1S/C17H25N3O4/c1-13-11-18(9-10-20(13,16(21)22)17(2,3)4)12-14-5-7-15(8-6-14)19(23)24/h5-8,13H,9-12H2,1-4H3/t13-,20?/m1/s1. The average Bonchev–Trinajstić information content (AvgIpc) is 2.46. The van der Waals surface area contributed by atoms with E-state index in [0.717, 1.165) is 5.56 Å². The van der Waals surface area contributed by atoms with Gasteiger partial charge in [0.2, 0.25) is 0 Å². The van der Waals surface area contributed by atoms with Crippen molar-refractivity contribution in [3.8, 4) is 0 Å². The summed E-state index contributed by atoms with van der Waals surface area (Å²) < 4.78 is -0.0518. The first kappa shape index (κ1) is 18.4. The van der Waals surface area contributed by atoms with E-state index in [4.69, 9.17) is 0 Å². The molecule has 0 aromatic heterocycles. The van der Waals surface area contributed by atoms with Gasteiger partial charge in [-0.15, -0.1) is 0 Å². The van der Waals surface area contributed by atoms with Crippen LogP contribution in [0.15, 0.2) is 24.3 Å². The quantitative estimate of drug-likeness (QED) is 0.477. The number of carbonyl (C=O) groups is 1. The van der Waals surface area contributed by atoms with E-state index in [1.54, 1.807) is 12.1 Å². The van der Waals surface area contributed by atoms with Crippen LogP contribution in [0.2, 0.25) is 0 Å². The van der Waals surface area contributed by atoms with Gasteiger partial charge in [0.1, 0.15) is 6.04 Å². The number of carboxylic acid groups (broad SMARTS) is 1. The van der Waals surface area contributed by atoms with Crippen LogP contribution in [0, 0.1) is 10.1 Å². The van der Waals surface area contributed by atoms with E-state index in [1.165, 1.54) is 12.1 Å². The maximum Gasteiger partial charge on any atom is 0.269 e. The van der Waals surface area contributed by atoms with Crippen molar-refractivity contribution in [3.63, 3.8) is 0 Å². The molecule has 2 atom stereocenters. The summed E-state index contributed by atoms with van der Waals surface area (Å²) in [6.07, 6.45) is -1.02. The number of quaternary nitrogens is 1. The van der Waals surface area contributed by atoms with Gasteiger partial charge in [-0.25, -0.2) is 0 Å². The fourth-order valence-corrected chi connectivity index (χ4v) is 3.79. The minimum Gasteiger partial charge on any atom is -0.498 e. The molecule has 1 aromatic carbocycles. The highest BCUT2D eigenvalue weighted by Crippen LogP contribution is 2.32. The number of nitrogens with zero attached hydrogens (tertiary/aromatic N) is 3. The predicted molar refractivity (Wildman–Crippen MR) is 88.1 cm³/mol. The van der Waals surface area contributed by atoms with Crippen molar-refractivity contribution >= 4 is 11.8 Å². The minimum absolute atomic E-state index is 0.0518. The largest absolute Gasteiger partial charge is 0.498 e. The molecule has 1 aliphatic rings. The molecule has 2 rings (SSSR count). The van der Waals surface area contributed by atoms with Gasteiger partial charge in [0, 0.05) is 25.2 Å². The normalized spacial score (nSPS) is 25.4. The van der Waals surface area contributed by atoms with Crippen molar-refractivity contribution in [1.82, 2.24) is 4.90 Å². The molecule has 0 saturated carbocycles. The molecule has 24 heavy (non-hydrogen) atoms. The van der Waals surface area contributed by atoms with Crippen molar-refractivity contribution in [1.29, 1.82) is 0 Å². The van der Waals surface area contributed by atoms with Gasteiger partial charge in [-0.3, -0.25) is 19.5 Å². The zero-order valence-corrected chi connectivity index (χ0v) is 14.7. The Balaban J connectivity index is 2.10. The second kappa shape index (κ2) is 6.49. The molecule has 1 amide bonds. The molecule has 1 aromatic rings. The highest BCUT2D eigenvalue weighted by molar-refractivity contribution is 5.55. The highest BCUT2D eigenvalue weighted by atomic mass is 16.6. The van der Waals surface area contributed by atoms with Gasteiger partial charge in [-0.05, 0) is 33.3 Å². The topological polar surface area (TPSA) is 86.5 Å². The second-order valence-electron chi connectivity index (χ2n) is 7.54. The fourth-order valence-electron chi connectivity index (χ4n) is 3.79. The maximum atomic E-state index is 11.9. The van der Waals surface area contributed by atoms with Crippen LogP contribution in [-0.4, -0.2) is 51.6 Å². The van der Waals surface area contributed by atoms with Crippen molar-refractivity contribution < 1.29 is 19.3 Å². The molecule has 0 radical (unpaired) electrons. The summed E-state index contributed by atoms with van der Waals surface area (Å²) >= 11 is 0. The molecule has 0 N–H and O–H groups in total. The Labute approximate surface area is 142 Å². The number of amides is 1. The van der Waals surface area contributed by atoms with Gasteiger partial charge in [-0.2, -0.15) is 0 Å². The molecular weight excluding hydrogens is 310 g/mol. The molecule has 0 aliphatic carbocycles. The van der Waals surface area contributed by atoms with Crippen molar-refractivity contribution in [3.05, 3.63) is 39.9 Å². The summed E-state index contributed by atoms with van der Waals surface area (Å²) in [5.74, 6) is 0. The van der Waals surface area contributed by atoms with Gasteiger partial charge in [0.25, 0.3) is 11.8 Å². The van der Waals surface area contributed by atoms with E-state index in [1.807, 2.05) is 27.7 Å². The lowest BCUT2D eigenvalue weighted by Gasteiger charge is -2.55. The summed E-state index contributed by atoms with van der Waals surface area (Å²) in [4.78, 5) is 24.4. The van der Waals surface area contributed by atoms with E-state index >= 15 is 0 Å². The Bertz CT molecular complexity index is 624. The summed E-state index contributed by atoms with van der Waals surface area (Å²) in [7, 11) is 0. The summed E-state index contributed by atoms with van der Waals surface area (Å²) in [5.41, 5.74) is 0.626. The van der Waals surface area contributed by atoms with Crippen LogP contribution in [0.1, 0.15) is 33.3 Å². The van der Waals surface area contributed by atoms with Crippen LogP contribution < -0.4 is 5.11 Å². The fraction of sp³-hybridized carbons (Fsp3) is 0.588. The maximum absolute atomic E-state index is 11.9. The van der Waals surface area contributed by atoms with Crippen molar-refractivity contribution in [2.24, 2.45) is 0 Å². The van der Waals surface area contributed by atoms with Crippen LogP contribution in [-0.2, 0) is 6.54 Å². The summed E-state index contributed by atoms with van der Waals surface area (Å²) in [6.45, 7) is 10.2. The lowest BCUT2D eigenvalue weighted by atomic mass is 9.95. The third-order valence-electron chi connectivity index (χ3n) is 5.12. The minimum atomic E-state index is -1.02. The van der Waals surface area contributed by atoms with Crippen LogP contribution in [0.4, 0.5) is 10.5 Å². The van der Waals surface area contributed by atoms with E-state index in [9.17, 15) is 20.0 Å². The number of nitro groups is 1. The number of non-ortho nitro benzene ring substituents is 1. The number of carbonyl (C=O) groups excluding carboxylic acids is 1. The number of nitro benzene ring substituents is 1. The van der Waals surface area contributed by atoms with Crippen LogP contribution in [0.3, 0.4) is 0 Å². The van der Waals surface area contributed by atoms with E-state index in [-0.39, 0.29) is 16.2 Å². The lowest BCUT2D eigenvalue weighted by molar-refractivity contribution is -0.943. The Morgan fingerprint density at radius 3 is 2.33 bits per heavy atom. The summed E-state index contributed by atoms with van der Waals surface area (Å²) in [5, 5.41) is 22.6. The number of hydrogen-bond acceptors (Lipinski definition) is 5. The summed E-state index contributed by atoms with van der Waals surface area (Å²) in [6, 6.07) is 6.41. The van der Waals surface area contributed by atoms with Crippen molar-refractivity contribution in [2.75, 3.05) is 19.6 Å². The number of hydrogen-bond donors (Lipinski definition) is 0. The molecule has 132 valence electrons. The Morgan fingerprint density at radius 1 is 1.33 bits per heavy atom. The molecule has 1 fully saturated rings. The molecule has 1 heterocycles. The van der Waals surface area contributed by atoms with E-state index in [2.05, 4.69) is 4.90 Å². The highest BCUT2D eigenvalue weighted by Gasteiger charge is 2.49. The third-order valence-corrected chi connectivity index (χ3v) is 5.12. The molecule has 1 aliphatic heterocycles. The first-order valence-corrected chi connectivity index (χ1v) is 8.13. The predicted octanol–water partition coefficient (Wildman–Crippen LogP) is 1.76. The molecule has 0 spiro atoms. The van der Waals surface area contributed by atoms with Gasteiger partial charge in [0.05, 0.1) is 23.6 Å². The van der Waals surface area contributed by atoms with Crippen molar-refractivity contribution in [2.45, 2.75) is 45.8 Å². The molecule has 1 saturated heterocycles. The SMILES string of the molecule is C[C@@H]1CN(Cc2ccc([N+](=O)[O-])cc2)CC[N+]1(C(=O)[O-])C(C)(C)C. The number of benzene rings is 1. The number of rotatable bonds is 3. The molecule has 7 heteroatoms. The zero-order valence-electron chi connectivity index (χ0n) is 14.7. The van der Waals surface area contributed by atoms with Crippen LogP contribution >= 0.6 is 0 Å². The number of piperazine rings is 1. The molecule has 0 bridgehead atoms. The monoisotopic (exact) mass is 335 g/mol. The van der Waals surface area contributed by atoms with Crippen LogP contribution in [0.5, 0.6) is 0 Å². The second-order valence-corrected chi connectivity index (χ2v) is 7.54. The van der Waals surface area contributed by atoms with Gasteiger partial charge >= 0.3 is 0 Å². The van der Waals surface area contributed by atoms with Crippen LogP contribution in [0.25, 0.3) is 0 Å². The molecule has 1 unspecified atom stereocenters. The smallest absolute Gasteiger partial charge is 0.269 e. The van der Waals surface area contributed by atoms with Gasteiger partial charge in [-0.1, -0.05) is 12.1 Å². The van der Waals surface area contributed by atoms with E-state index in [0.29, 0.717) is 26.2 Å². The lowest BCUT2D eigenvalue weighted by Crippen LogP contribution is -2.76. The van der Waals surface area contributed by atoms with Gasteiger partial charge < -0.3 is 9.90 Å². The molecular formula is C17H25N3O4. The van der Waals surface area contributed by atoms with Gasteiger partial charge in [0.15, 0.2) is 0 Å². The Morgan fingerprint density at radius 2 is 1.92 bits per heavy atom. The van der Waals surface area contributed by atoms with E-state index < -0.39 is 16.6 Å². The zero-order chi connectivity index (χ0) is 18.1. The first-order chi connectivity index (χ1) is 11.1. The average molecular weight is 335 g/mol. The molecule has 7 nitrogen and oxygen atoms in total.